The topological polar surface area (TPSA) is 90.9 Å². The molecule has 2 rings (SSSR count). The maximum Gasteiger partial charge on any atom is 0.242 e. The van der Waals surface area contributed by atoms with E-state index in [-0.39, 0.29) is 0 Å². The smallest absolute Gasteiger partial charge is 0.242 e. The molecule has 2 aromatic rings. The molecular formula is C12H18N6O. The Morgan fingerprint density at radius 1 is 1.42 bits per heavy atom. The Morgan fingerprint density at radius 3 is 2.95 bits per heavy atom. The minimum Gasteiger partial charge on any atom is -0.476 e. The normalized spacial score (nSPS) is 10.4. The van der Waals surface area contributed by atoms with Crippen LogP contribution in [-0.4, -0.2) is 32.9 Å². The molecule has 0 aromatic carbocycles. The van der Waals surface area contributed by atoms with Crippen LogP contribution in [0.3, 0.4) is 0 Å². The van der Waals surface area contributed by atoms with Crippen molar-refractivity contribution in [2.24, 2.45) is 7.05 Å². The van der Waals surface area contributed by atoms with Crippen molar-refractivity contribution >= 4 is 11.5 Å². The second-order valence-electron chi connectivity index (χ2n) is 4.07. The number of nitrogen functional groups attached to an aromatic ring is 1. The van der Waals surface area contributed by atoms with Crippen LogP contribution in [0.25, 0.3) is 0 Å². The summed E-state index contributed by atoms with van der Waals surface area (Å²) in [7, 11) is 1.90. The third-order valence-electron chi connectivity index (χ3n) is 2.59. The average molecular weight is 262 g/mol. The maximum atomic E-state index is 5.92. The Bertz CT molecular complexity index is 539. The van der Waals surface area contributed by atoms with Gasteiger partial charge in [-0.2, -0.15) is 10.1 Å². The van der Waals surface area contributed by atoms with Gasteiger partial charge in [-0.25, -0.2) is 4.98 Å². The fourth-order valence-corrected chi connectivity index (χ4v) is 1.70. The molecule has 19 heavy (non-hydrogen) atoms. The predicted molar refractivity (Wildman–Crippen MR) is 73.0 cm³/mol. The quantitative estimate of drug-likeness (QED) is 0.802. The van der Waals surface area contributed by atoms with Gasteiger partial charge in [-0.3, -0.25) is 4.68 Å². The van der Waals surface area contributed by atoms with Crippen LogP contribution in [0.2, 0.25) is 0 Å². The molecule has 3 N–H and O–H groups in total. The van der Waals surface area contributed by atoms with E-state index in [2.05, 4.69) is 20.4 Å². The summed E-state index contributed by atoms with van der Waals surface area (Å²) in [6, 6.07) is 0. The van der Waals surface area contributed by atoms with E-state index < -0.39 is 0 Å². The van der Waals surface area contributed by atoms with Crippen LogP contribution in [0.1, 0.15) is 12.5 Å². The highest BCUT2D eigenvalue weighted by Gasteiger charge is 2.08. The highest BCUT2D eigenvalue weighted by atomic mass is 16.5. The standard InChI is InChI=1S/C12H18N6O/c1-3-19-12-10(13)11(15-8-16-12)14-5-4-9-6-17-18(2)7-9/h6-8H,3-5,13H2,1-2H3,(H,14,15,16). The molecule has 0 unspecified atom stereocenters. The lowest BCUT2D eigenvalue weighted by atomic mass is 10.2. The second-order valence-corrected chi connectivity index (χ2v) is 4.07. The molecule has 0 fully saturated rings. The highest BCUT2D eigenvalue weighted by Crippen LogP contribution is 2.24. The fourth-order valence-electron chi connectivity index (χ4n) is 1.70. The van der Waals surface area contributed by atoms with Gasteiger partial charge in [-0.05, 0) is 18.9 Å². The summed E-state index contributed by atoms with van der Waals surface area (Å²) in [6.45, 7) is 3.13. The van der Waals surface area contributed by atoms with Gasteiger partial charge >= 0.3 is 0 Å². The summed E-state index contributed by atoms with van der Waals surface area (Å²) in [5.74, 6) is 1.02. The first-order valence-electron chi connectivity index (χ1n) is 6.15. The van der Waals surface area contributed by atoms with Crippen LogP contribution in [0.5, 0.6) is 5.88 Å². The van der Waals surface area contributed by atoms with Gasteiger partial charge < -0.3 is 15.8 Å². The zero-order valence-corrected chi connectivity index (χ0v) is 11.1. The van der Waals surface area contributed by atoms with Gasteiger partial charge in [-0.15, -0.1) is 0 Å². The predicted octanol–water partition coefficient (Wildman–Crippen LogP) is 0.846. The van der Waals surface area contributed by atoms with Gasteiger partial charge in [0.25, 0.3) is 0 Å². The summed E-state index contributed by atoms with van der Waals surface area (Å²) < 4.78 is 7.10. The number of rotatable bonds is 6. The first-order chi connectivity index (χ1) is 9.20. The van der Waals surface area contributed by atoms with Crippen molar-refractivity contribution in [1.82, 2.24) is 19.7 Å². The first-order valence-corrected chi connectivity index (χ1v) is 6.15. The molecule has 0 radical (unpaired) electrons. The monoisotopic (exact) mass is 262 g/mol. The van der Waals surface area contributed by atoms with Crippen LogP contribution < -0.4 is 15.8 Å². The summed E-state index contributed by atoms with van der Waals surface area (Å²) in [5.41, 5.74) is 7.52. The molecule has 102 valence electrons. The first kappa shape index (κ1) is 13.1. The lowest BCUT2D eigenvalue weighted by Crippen LogP contribution is -2.10. The summed E-state index contributed by atoms with van der Waals surface area (Å²) >= 11 is 0. The lowest BCUT2D eigenvalue weighted by molar-refractivity contribution is 0.328. The number of nitrogens with one attached hydrogen (secondary N) is 1. The molecule has 0 aliphatic rings. The Labute approximate surface area is 111 Å². The number of ether oxygens (including phenoxy) is 1. The molecule has 2 aromatic heterocycles. The van der Waals surface area contributed by atoms with Gasteiger partial charge in [-0.1, -0.05) is 0 Å². The van der Waals surface area contributed by atoms with Crippen LogP contribution in [0.4, 0.5) is 11.5 Å². The number of aryl methyl sites for hydroxylation is 1. The van der Waals surface area contributed by atoms with Gasteiger partial charge in [0, 0.05) is 19.8 Å². The Balaban J connectivity index is 1.94. The number of hydrogen-bond donors (Lipinski definition) is 2. The Morgan fingerprint density at radius 2 is 2.26 bits per heavy atom. The maximum absolute atomic E-state index is 5.92. The van der Waals surface area contributed by atoms with E-state index in [1.165, 1.54) is 6.33 Å². The van der Waals surface area contributed by atoms with E-state index in [4.69, 9.17) is 10.5 Å². The Kier molecular flexibility index (Phi) is 4.17. The third kappa shape index (κ3) is 3.34. The van der Waals surface area contributed by atoms with Crippen molar-refractivity contribution in [3.63, 3.8) is 0 Å². The molecule has 0 aliphatic carbocycles. The minimum atomic E-state index is 0.418. The van der Waals surface area contributed by atoms with Crippen molar-refractivity contribution in [3.8, 4) is 5.88 Å². The molecule has 0 spiro atoms. The molecule has 0 amide bonds. The minimum absolute atomic E-state index is 0.418. The number of anilines is 2. The van der Waals surface area contributed by atoms with Crippen LogP contribution in [0.15, 0.2) is 18.7 Å². The van der Waals surface area contributed by atoms with E-state index in [0.717, 1.165) is 18.5 Å². The number of aromatic nitrogens is 4. The zero-order valence-electron chi connectivity index (χ0n) is 11.1. The van der Waals surface area contributed by atoms with E-state index in [0.29, 0.717) is 24.0 Å². The van der Waals surface area contributed by atoms with Gasteiger partial charge in [0.15, 0.2) is 5.82 Å². The van der Waals surface area contributed by atoms with Gasteiger partial charge in [0.1, 0.15) is 12.0 Å². The molecule has 0 bridgehead atoms. The molecule has 7 nitrogen and oxygen atoms in total. The van der Waals surface area contributed by atoms with Crippen molar-refractivity contribution < 1.29 is 4.74 Å². The molecule has 0 aliphatic heterocycles. The van der Waals surface area contributed by atoms with E-state index in [1.807, 2.05) is 26.4 Å². The SMILES string of the molecule is CCOc1ncnc(NCCc2cnn(C)c2)c1N. The van der Waals surface area contributed by atoms with Crippen molar-refractivity contribution in [2.45, 2.75) is 13.3 Å². The summed E-state index contributed by atoms with van der Waals surface area (Å²) in [6.07, 6.45) is 6.11. The number of nitrogens with two attached hydrogens (primary N) is 1. The van der Waals surface area contributed by atoms with E-state index >= 15 is 0 Å². The molecule has 0 saturated carbocycles. The van der Waals surface area contributed by atoms with Crippen LogP contribution >= 0.6 is 0 Å². The summed E-state index contributed by atoms with van der Waals surface area (Å²) in [4.78, 5) is 8.10. The van der Waals surface area contributed by atoms with Crippen molar-refractivity contribution in [3.05, 3.63) is 24.3 Å². The van der Waals surface area contributed by atoms with E-state index in [1.54, 1.807) is 4.68 Å². The molecule has 2 heterocycles. The van der Waals surface area contributed by atoms with Gasteiger partial charge in [0.05, 0.1) is 12.8 Å². The molecular weight excluding hydrogens is 244 g/mol. The van der Waals surface area contributed by atoms with Crippen LogP contribution in [0, 0.1) is 0 Å². The van der Waals surface area contributed by atoms with Crippen LogP contribution in [-0.2, 0) is 13.5 Å². The average Bonchev–Trinajstić information content (AvgIpc) is 2.80. The summed E-state index contributed by atoms with van der Waals surface area (Å²) in [5, 5.41) is 7.29. The number of nitrogens with zero attached hydrogens (tertiary/aromatic N) is 4. The van der Waals surface area contributed by atoms with E-state index in [9.17, 15) is 0 Å². The second kappa shape index (κ2) is 6.03. The fraction of sp³-hybridized carbons (Fsp3) is 0.417. The zero-order chi connectivity index (χ0) is 13.7. The Hall–Kier alpha value is -2.31. The highest BCUT2D eigenvalue weighted by molar-refractivity contribution is 5.66. The molecule has 7 heteroatoms. The number of hydrogen-bond acceptors (Lipinski definition) is 6. The molecule has 0 atom stereocenters. The lowest BCUT2D eigenvalue weighted by Gasteiger charge is -2.10. The molecule has 0 saturated heterocycles. The van der Waals surface area contributed by atoms with Crippen molar-refractivity contribution in [2.75, 3.05) is 24.2 Å². The largest absolute Gasteiger partial charge is 0.476 e. The van der Waals surface area contributed by atoms with Gasteiger partial charge in [0.2, 0.25) is 5.88 Å². The third-order valence-corrected chi connectivity index (χ3v) is 2.59. The van der Waals surface area contributed by atoms with Crippen molar-refractivity contribution in [1.29, 1.82) is 0 Å².